The molecule has 0 aromatic heterocycles. The molecular weight excluding hydrogens is 464 g/mol. The van der Waals surface area contributed by atoms with E-state index in [9.17, 15) is 18.0 Å². The standard InChI is InChI=1S/C12H13F3NO3.Hg/c1-18-9-4-3-8(7-10(9)19-2)5-6-16-11(17)12(13,14)15;/h4,7H,5-6H2,1-2H3,(H,16,17);. The van der Waals surface area contributed by atoms with E-state index in [1.165, 1.54) is 14.2 Å². The SMILES string of the molecule is COc1c[c]([Hg])c(CCNC(=O)C(F)(F)F)cc1OC. The zero-order chi connectivity index (χ0) is 15.3. The zero-order valence-electron chi connectivity index (χ0n) is 11.1. The first-order valence-corrected chi connectivity index (χ1v) is 8.46. The predicted octanol–water partition coefficient (Wildman–Crippen LogP) is 1.10. The van der Waals surface area contributed by atoms with E-state index in [-0.39, 0.29) is 32.7 Å². The first-order chi connectivity index (χ1) is 9.29. The summed E-state index contributed by atoms with van der Waals surface area (Å²) in [7, 11) is 3.01. The molecule has 1 amide bonds. The Hall–Kier alpha value is -0.985. The fraction of sp³-hybridized carbons (Fsp3) is 0.417. The summed E-state index contributed by atoms with van der Waals surface area (Å²) in [6.07, 6.45) is -4.52. The number of rotatable bonds is 5. The van der Waals surface area contributed by atoms with Crippen molar-refractivity contribution in [3.63, 3.8) is 0 Å². The van der Waals surface area contributed by atoms with Gasteiger partial charge in [0.25, 0.3) is 0 Å². The monoisotopic (exact) mass is 478 g/mol. The molecule has 4 nitrogen and oxygen atoms in total. The number of amides is 1. The van der Waals surface area contributed by atoms with Crippen molar-refractivity contribution in [3.8, 4) is 11.5 Å². The van der Waals surface area contributed by atoms with Gasteiger partial charge in [-0.3, -0.25) is 0 Å². The molecule has 107 valence electrons. The zero-order valence-corrected chi connectivity index (χ0v) is 16.6. The molecule has 0 aliphatic heterocycles. The van der Waals surface area contributed by atoms with Gasteiger partial charge in [0.1, 0.15) is 0 Å². The van der Waals surface area contributed by atoms with Gasteiger partial charge < -0.3 is 0 Å². The fourth-order valence-electron chi connectivity index (χ4n) is 1.61. The van der Waals surface area contributed by atoms with E-state index in [2.05, 4.69) is 0 Å². The Morgan fingerprint density at radius 1 is 1.25 bits per heavy atom. The first-order valence-electron chi connectivity index (χ1n) is 5.71. The molecule has 0 fully saturated rings. The van der Waals surface area contributed by atoms with Gasteiger partial charge in [-0.2, -0.15) is 0 Å². The summed E-state index contributed by atoms with van der Waals surface area (Å²) >= 11 is 0.275. The van der Waals surface area contributed by atoms with E-state index in [1.54, 1.807) is 6.07 Å². The van der Waals surface area contributed by atoms with E-state index in [4.69, 9.17) is 9.47 Å². The summed E-state index contributed by atoms with van der Waals surface area (Å²) in [5, 5.41) is 1.85. The van der Waals surface area contributed by atoms with Crippen LogP contribution < -0.4 is 17.9 Å². The summed E-state index contributed by atoms with van der Waals surface area (Å²) in [5.41, 5.74) is 0.869. The third-order valence-electron chi connectivity index (χ3n) is 2.64. The maximum atomic E-state index is 12.0. The minimum absolute atomic E-state index is 0.0714. The Bertz CT molecular complexity index is 492. The molecule has 0 atom stereocenters. The molecule has 0 aliphatic rings. The first kappa shape index (κ1) is 17.1. The molecular formula is C12H13F3HgNO3. The van der Waals surface area contributed by atoms with Gasteiger partial charge in [-0.15, -0.1) is 0 Å². The second-order valence-corrected chi connectivity index (χ2v) is 6.94. The number of carbonyl (C=O) groups excluding carboxylic acids is 1. The van der Waals surface area contributed by atoms with E-state index in [0.717, 1.165) is 8.64 Å². The van der Waals surface area contributed by atoms with E-state index in [0.29, 0.717) is 17.9 Å². The molecule has 0 aliphatic carbocycles. The van der Waals surface area contributed by atoms with Crippen LogP contribution in [0.3, 0.4) is 0 Å². The van der Waals surface area contributed by atoms with E-state index < -0.39 is 12.1 Å². The maximum absolute atomic E-state index is 12.0. The van der Waals surface area contributed by atoms with Crippen molar-refractivity contribution in [1.82, 2.24) is 5.32 Å². The number of hydrogen-bond donors (Lipinski definition) is 1. The van der Waals surface area contributed by atoms with Crippen LogP contribution in [0.1, 0.15) is 5.56 Å². The molecule has 1 rings (SSSR count). The average molecular weight is 477 g/mol. The third kappa shape index (κ3) is 4.54. The Morgan fingerprint density at radius 3 is 2.30 bits per heavy atom. The average Bonchev–Trinajstić information content (AvgIpc) is 2.38. The van der Waals surface area contributed by atoms with Crippen LogP contribution in [-0.2, 0) is 37.3 Å². The minimum atomic E-state index is -4.84. The van der Waals surface area contributed by atoms with Crippen LogP contribution in [0.2, 0.25) is 0 Å². The number of methoxy groups -OCH3 is 2. The Balaban J connectivity index is 2.71. The molecule has 0 saturated carbocycles. The molecule has 0 radical (unpaired) electrons. The van der Waals surface area contributed by atoms with E-state index >= 15 is 0 Å². The van der Waals surface area contributed by atoms with Crippen molar-refractivity contribution in [2.75, 3.05) is 20.8 Å². The Labute approximate surface area is 130 Å². The predicted molar refractivity (Wildman–Crippen MR) is 61.9 cm³/mol. The number of benzene rings is 1. The van der Waals surface area contributed by atoms with Crippen molar-refractivity contribution in [3.05, 3.63) is 17.7 Å². The fourth-order valence-corrected chi connectivity index (χ4v) is 3.41. The molecule has 0 spiro atoms. The van der Waals surface area contributed by atoms with Crippen LogP contribution in [0.25, 0.3) is 0 Å². The summed E-state index contributed by atoms with van der Waals surface area (Å²) in [4.78, 5) is 10.7. The van der Waals surface area contributed by atoms with Crippen LogP contribution in [0.5, 0.6) is 11.5 Å². The van der Waals surface area contributed by atoms with Crippen molar-refractivity contribution in [2.45, 2.75) is 12.6 Å². The second-order valence-electron chi connectivity index (χ2n) is 3.98. The molecule has 0 unspecified atom stereocenters. The van der Waals surface area contributed by atoms with Gasteiger partial charge in [0.15, 0.2) is 0 Å². The number of hydrogen-bond acceptors (Lipinski definition) is 3. The molecule has 0 bridgehead atoms. The van der Waals surface area contributed by atoms with Gasteiger partial charge in [-0.1, -0.05) is 0 Å². The molecule has 1 aromatic carbocycles. The van der Waals surface area contributed by atoms with Gasteiger partial charge in [0.05, 0.1) is 0 Å². The Morgan fingerprint density at radius 2 is 1.80 bits per heavy atom. The molecule has 8 heteroatoms. The van der Waals surface area contributed by atoms with Crippen molar-refractivity contribution in [1.29, 1.82) is 0 Å². The van der Waals surface area contributed by atoms with Gasteiger partial charge in [-0.25, -0.2) is 0 Å². The topological polar surface area (TPSA) is 47.6 Å². The number of halogens is 3. The summed E-state index contributed by atoms with van der Waals surface area (Å²) in [5.74, 6) is -0.794. The number of carbonyl (C=O) groups is 1. The van der Waals surface area contributed by atoms with Crippen LogP contribution in [-0.4, -0.2) is 32.8 Å². The second kappa shape index (κ2) is 7.15. The van der Waals surface area contributed by atoms with Gasteiger partial charge in [-0.05, 0) is 0 Å². The molecule has 0 saturated heterocycles. The van der Waals surface area contributed by atoms with Crippen molar-refractivity contribution < 1.29 is 53.6 Å². The van der Waals surface area contributed by atoms with Gasteiger partial charge >= 0.3 is 130 Å². The number of nitrogens with one attached hydrogen (secondary N) is 1. The van der Waals surface area contributed by atoms with E-state index in [1.807, 2.05) is 11.4 Å². The number of ether oxygens (including phenoxy) is 2. The van der Waals surface area contributed by atoms with Gasteiger partial charge in [0.2, 0.25) is 0 Å². The number of alkyl halides is 3. The summed E-state index contributed by atoms with van der Waals surface area (Å²) in [6.45, 7) is -0.0714. The van der Waals surface area contributed by atoms with Crippen molar-refractivity contribution >= 4 is 8.98 Å². The normalized spacial score (nSPS) is 11.2. The molecule has 1 N–H and O–H groups in total. The summed E-state index contributed by atoms with van der Waals surface area (Å²) in [6, 6.07) is 3.56. The molecule has 20 heavy (non-hydrogen) atoms. The molecule has 1 aromatic rings. The quantitative estimate of drug-likeness (QED) is 0.648. The summed E-state index contributed by atoms with van der Waals surface area (Å²) < 4.78 is 47.4. The molecule has 0 heterocycles. The van der Waals surface area contributed by atoms with Crippen molar-refractivity contribution in [2.24, 2.45) is 0 Å². The van der Waals surface area contributed by atoms with Crippen LogP contribution in [0.15, 0.2) is 12.1 Å². The van der Waals surface area contributed by atoms with Gasteiger partial charge in [0, 0.05) is 0 Å². The van der Waals surface area contributed by atoms with Crippen LogP contribution >= 0.6 is 0 Å². The van der Waals surface area contributed by atoms with Crippen LogP contribution in [0.4, 0.5) is 13.2 Å². The Kier molecular flexibility index (Phi) is 6.10. The van der Waals surface area contributed by atoms with Crippen LogP contribution in [0, 0.1) is 0 Å². The third-order valence-corrected chi connectivity index (χ3v) is 5.20.